The molecule has 0 unspecified atom stereocenters. The molecule has 0 radical (unpaired) electrons. The molecule has 3 rings (SSSR count). The highest BCUT2D eigenvalue weighted by Crippen LogP contribution is 2.40. The van der Waals surface area contributed by atoms with E-state index in [1.54, 1.807) is 13.0 Å². The fourth-order valence-electron chi connectivity index (χ4n) is 3.90. The van der Waals surface area contributed by atoms with Crippen molar-refractivity contribution in [3.63, 3.8) is 0 Å². The van der Waals surface area contributed by atoms with Crippen molar-refractivity contribution in [3.05, 3.63) is 29.1 Å². The van der Waals surface area contributed by atoms with E-state index in [0.717, 1.165) is 25.7 Å². The zero-order valence-corrected chi connectivity index (χ0v) is 13.0. The first-order chi connectivity index (χ1) is 11.0. The minimum Gasteiger partial charge on any atom is -0.480 e. The maximum atomic E-state index is 12.9. The van der Waals surface area contributed by atoms with Gasteiger partial charge in [-0.2, -0.15) is 5.26 Å². The number of rotatable bonds is 2. The number of hydrogen-bond donors (Lipinski definition) is 1. The van der Waals surface area contributed by atoms with E-state index < -0.39 is 12.0 Å². The van der Waals surface area contributed by atoms with Gasteiger partial charge in [-0.05, 0) is 44.2 Å². The van der Waals surface area contributed by atoms with Crippen molar-refractivity contribution in [3.8, 4) is 6.07 Å². The number of nitrogens with zero attached hydrogens (tertiary/aromatic N) is 3. The lowest BCUT2D eigenvalue weighted by atomic mass is 9.84. The number of nitriles is 1. The number of aliphatic carboxylic acids is 1. The molecular weight excluding hydrogens is 294 g/mol. The molecule has 1 aliphatic carbocycles. The Morgan fingerprint density at radius 3 is 2.74 bits per heavy atom. The van der Waals surface area contributed by atoms with Crippen molar-refractivity contribution in [1.82, 2.24) is 9.88 Å². The van der Waals surface area contributed by atoms with E-state index in [9.17, 15) is 14.7 Å². The monoisotopic (exact) mass is 313 g/mol. The number of carbonyl (C=O) groups is 2. The Hall–Kier alpha value is -2.42. The molecule has 1 aliphatic heterocycles. The lowest BCUT2D eigenvalue weighted by Crippen LogP contribution is -2.46. The minimum absolute atomic E-state index is 0.00454. The van der Waals surface area contributed by atoms with E-state index in [1.807, 2.05) is 6.07 Å². The summed E-state index contributed by atoms with van der Waals surface area (Å²) in [6.07, 6.45) is 4.50. The van der Waals surface area contributed by atoms with Crippen LogP contribution in [-0.2, 0) is 4.79 Å². The Morgan fingerprint density at radius 2 is 2.09 bits per heavy atom. The third-order valence-corrected chi connectivity index (χ3v) is 5.03. The largest absolute Gasteiger partial charge is 0.480 e. The average Bonchev–Trinajstić information content (AvgIpc) is 2.93. The fraction of sp³-hybridized carbons (Fsp3) is 0.529. The second kappa shape index (κ2) is 5.99. The number of aryl methyl sites for hydroxylation is 1. The minimum atomic E-state index is -0.946. The van der Waals surface area contributed by atoms with Gasteiger partial charge in [0, 0.05) is 6.04 Å². The van der Waals surface area contributed by atoms with Crippen LogP contribution in [0, 0.1) is 24.2 Å². The first-order valence-corrected chi connectivity index (χ1v) is 7.96. The standard InChI is InChI=1S/C17H19N3O3/c1-10-12(9-18)6-7-13(19-10)16(21)20-14-5-3-2-4-11(14)8-15(20)17(22)23/h6-7,11,14-15H,2-5,8H2,1H3,(H,22,23)/t11-,14-,15+/m1/s1. The molecule has 2 fully saturated rings. The van der Waals surface area contributed by atoms with Gasteiger partial charge in [-0.15, -0.1) is 0 Å². The molecule has 1 amide bonds. The summed E-state index contributed by atoms with van der Waals surface area (Å²) in [5.74, 6) is -1.01. The highest BCUT2D eigenvalue weighted by Gasteiger charge is 2.47. The molecular formula is C17H19N3O3. The van der Waals surface area contributed by atoms with Crippen LogP contribution in [0.4, 0.5) is 0 Å². The molecule has 3 atom stereocenters. The summed E-state index contributed by atoms with van der Waals surface area (Å²) in [4.78, 5) is 30.2. The highest BCUT2D eigenvalue weighted by atomic mass is 16.4. The van der Waals surface area contributed by atoms with Gasteiger partial charge in [0.15, 0.2) is 0 Å². The van der Waals surface area contributed by atoms with Crippen molar-refractivity contribution in [2.24, 2.45) is 5.92 Å². The third kappa shape index (κ3) is 2.67. The molecule has 0 spiro atoms. The first kappa shape index (κ1) is 15.5. The predicted molar refractivity (Wildman–Crippen MR) is 81.6 cm³/mol. The van der Waals surface area contributed by atoms with Gasteiger partial charge in [0.1, 0.15) is 17.8 Å². The molecule has 1 N–H and O–H groups in total. The second-order valence-corrected chi connectivity index (χ2v) is 6.36. The van der Waals surface area contributed by atoms with Gasteiger partial charge in [-0.3, -0.25) is 4.79 Å². The predicted octanol–water partition coefficient (Wildman–Crippen LogP) is 2.12. The van der Waals surface area contributed by atoms with E-state index in [4.69, 9.17) is 5.26 Å². The summed E-state index contributed by atoms with van der Waals surface area (Å²) in [5.41, 5.74) is 1.14. The van der Waals surface area contributed by atoms with Gasteiger partial charge in [-0.25, -0.2) is 9.78 Å². The van der Waals surface area contributed by atoms with Crippen molar-refractivity contribution < 1.29 is 14.7 Å². The van der Waals surface area contributed by atoms with Crippen LogP contribution in [0.25, 0.3) is 0 Å². The van der Waals surface area contributed by atoms with Gasteiger partial charge in [0.2, 0.25) is 0 Å². The number of fused-ring (bicyclic) bond motifs is 1. The molecule has 6 heteroatoms. The van der Waals surface area contributed by atoms with Crippen molar-refractivity contribution in [2.45, 2.75) is 51.1 Å². The summed E-state index contributed by atoms with van der Waals surface area (Å²) < 4.78 is 0. The number of amides is 1. The highest BCUT2D eigenvalue weighted by molar-refractivity contribution is 5.95. The summed E-state index contributed by atoms with van der Waals surface area (Å²) in [6, 6.07) is 4.33. The molecule has 1 saturated heterocycles. The van der Waals surface area contributed by atoms with Gasteiger partial charge in [-0.1, -0.05) is 12.8 Å². The van der Waals surface area contributed by atoms with E-state index >= 15 is 0 Å². The topological polar surface area (TPSA) is 94.3 Å². The summed E-state index contributed by atoms with van der Waals surface area (Å²) in [6.45, 7) is 1.68. The summed E-state index contributed by atoms with van der Waals surface area (Å²) in [7, 11) is 0. The molecule has 0 aromatic carbocycles. The number of hydrogen-bond acceptors (Lipinski definition) is 4. The maximum Gasteiger partial charge on any atom is 0.326 e. The SMILES string of the molecule is Cc1nc(C(=O)N2[C@@H]3CCCC[C@@H]3C[C@H]2C(=O)O)ccc1C#N. The number of aromatic nitrogens is 1. The number of carboxylic acids is 1. The van der Waals surface area contributed by atoms with Crippen LogP contribution >= 0.6 is 0 Å². The average molecular weight is 313 g/mol. The Labute approximate surface area is 134 Å². The zero-order chi connectivity index (χ0) is 16.6. The Bertz CT molecular complexity index is 695. The quantitative estimate of drug-likeness (QED) is 0.902. The van der Waals surface area contributed by atoms with Crippen molar-refractivity contribution >= 4 is 11.9 Å². The summed E-state index contributed by atoms with van der Waals surface area (Å²) in [5, 5.41) is 18.5. The van der Waals surface area contributed by atoms with Crippen LogP contribution in [0.2, 0.25) is 0 Å². The molecule has 2 heterocycles. The number of likely N-dealkylation sites (tertiary alicyclic amines) is 1. The van der Waals surface area contributed by atoms with Crippen LogP contribution in [0.15, 0.2) is 12.1 Å². The second-order valence-electron chi connectivity index (χ2n) is 6.36. The van der Waals surface area contributed by atoms with Crippen LogP contribution in [0.3, 0.4) is 0 Å². The number of carbonyl (C=O) groups excluding carboxylic acids is 1. The Morgan fingerprint density at radius 1 is 1.35 bits per heavy atom. The van der Waals surface area contributed by atoms with E-state index in [1.165, 1.54) is 11.0 Å². The van der Waals surface area contributed by atoms with Gasteiger partial charge >= 0.3 is 5.97 Å². The molecule has 120 valence electrons. The van der Waals surface area contributed by atoms with Crippen LogP contribution in [-0.4, -0.2) is 39.0 Å². The fourth-order valence-corrected chi connectivity index (χ4v) is 3.90. The van der Waals surface area contributed by atoms with Crippen LogP contribution < -0.4 is 0 Å². The lowest BCUT2D eigenvalue weighted by Gasteiger charge is -2.32. The third-order valence-electron chi connectivity index (χ3n) is 5.03. The van der Waals surface area contributed by atoms with Gasteiger partial charge in [0.25, 0.3) is 5.91 Å². The molecule has 1 aromatic rings. The van der Waals surface area contributed by atoms with Crippen LogP contribution in [0.5, 0.6) is 0 Å². The summed E-state index contributed by atoms with van der Waals surface area (Å²) >= 11 is 0. The zero-order valence-electron chi connectivity index (χ0n) is 13.0. The molecule has 6 nitrogen and oxygen atoms in total. The van der Waals surface area contributed by atoms with Crippen molar-refractivity contribution in [2.75, 3.05) is 0 Å². The lowest BCUT2D eigenvalue weighted by molar-refractivity contribution is -0.141. The Balaban J connectivity index is 1.93. The van der Waals surface area contributed by atoms with Crippen LogP contribution in [0.1, 0.15) is 53.8 Å². The van der Waals surface area contributed by atoms with Gasteiger partial charge < -0.3 is 10.0 Å². The molecule has 1 saturated carbocycles. The molecule has 0 bridgehead atoms. The Kier molecular flexibility index (Phi) is 4.03. The van der Waals surface area contributed by atoms with Gasteiger partial charge in [0.05, 0.1) is 11.3 Å². The normalized spacial score (nSPS) is 26.4. The maximum absolute atomic E-state index is 12.9. The smallest absolute Gasteiger partial charge is 0.326 e. The molecule has 23 heavy (non-hydrogen) atoms. The molecule has 2 aliphatic rings. The van der Waals surface area contributed by atoms with Crippen molar-refractivity contribution in [1.29, 1.82) is 5.26 Å². The molecule has 1 aromatic heterocycles. The van der Waals surface area contributed by atoms with E-state index in [-0.39, 0.29) is 23.6 Å². The number of pyridine rings is 1. The van der Waals surface area contributed by atoms with E-state index in [0.29, 0.717) is 17.7 Å². The first-order valence-electron chi connectivity index (χ1n) is 7.96. The number of carboxylic acid groups (broad SMARTS) is 1. The van der Waals surface area contributed by atoms with E-state index in [2.05, 4.69) is 4.98 Å².